The molecule has 0 spiro atoms. The molecule has 23 heavy (non-hydrogen) atoms. The van der Waals surface area contributed by atoms with Gasteiger partial charge >= 0.3 is 0 Å². The maximum Gasteiger partial charge on any atom is 0.257 e. The summed E-state index contributed by atoms with van der Waals surface area (Å²) in [5.41, 5.74) is 0. The van der Waals surface area contributed by atoms with Crippen molar-refractivity contribution in [3.05, 3.63) is 18.0 Å². The maximum absolute atomic E-state index is 12.5. The second-order valence-corrected chi connectivity index (χ2v) is 9.32. The molecule has 2 heterocycles. The SMILES string of the molecule is O=S(=O)(NC1CCCCC1)c1ccc(-c2nnc(C3CC3)o2)s1. The number of nitrogens with one attached hydrogen (secondary N) is 1. The largest absolute Gasteiger partial charge is 0.420 e. The van der Waals surface area contributed by atoms with Crippen LogP contribution >= 0.6 is 11.3 Å². The van der Waals surface area contributed by atoms with Gasteiger partial charge in [-0.3, -0.25) is 0 Å². The Hall–Kier alpha value is -1.25. The minimum Gasteiger partial charge on any atom is -0.420 e. The summed E-state index contributed by atoms with van der Waals surface area (Å²) >= 11 is 1.18. The highest BCUT2D eigenvalue weighted by Crippen LogP contribution is 2.40. The van der Waals surface area contributed by atoms with Crippen molar-refractivity contribution < 1.29 is 12.8 Å². The summed E-state index contributed by atoms with van der Waals surface area (Å²) in [5, 5.41) is 8.08. The average Bonchev–Trinajstić information content (AvgIpc) is 3.07. The Morgan fingerprint density at radius 1 is 1.09 bits per heavy atom. The van der Waals surface area contributed by atoms with Gasteiger partial charge in [0.05, 0.1) is 4.88 Å². The van der Waals surface area contributed by atoms with E-state index in [0.29, 0.717) is 26.8 Å². The molecule has 2 aromatic rings. The molecule has 6 nitrogen and oxygen atoms in total. The third-order valence-corrected chi connectivity index (χ3v) is 7.44. The van der Waals surface area contributed by atoms with Crippen LogP contribution in [0.5, 0.6) is 0 Å². The van der Waals surface area contributed by atoms with Gasteiger partial charge in [0.2, 0.25) is 15.9 Å². The van der Waals surface area contributed by atoms with E-state index < -0.39 is 10.0 Å². The second kappa shape index (κ2) is 5.99. The Morgan fingerprint density at radius 3 is 2.61 bits per heavy atom. The fraction of sp³-hybridized carbons (Fsp3) is 0.600. The molecule has 4 rings (SSSR count). The van der Waals surface area contributed by atoms with Crippen molar-refractivity contribution in [1.82, 2.24) is 14.9 Å². The van der Waals surface area contributed by atoms with Gasteiger partial charge in [-0.2, -0.15) is 0 Å². The summed E-state index contributed by atoms with van der Waals surface area (Å²) in [7, 11) is -3.47. The monoisotopic (exact) mass is 353 g/mol. The number of nitrogens with zero attached hydrogens (tertiary/aromatic N) is 2. The number of sulfonamides is 1. The predicted octanol–water partition coefficient (Wildman–Crippen LogP) is 3.29. The summed E-state index contributed by atoms with van der Waals surface area (Å²) in [4.78, 5) is 0.702. The first-order valence-corrected chi connectivity index (χ1v) is 10.4. The van der Waals surface area contributed by atoms with E-state index in [4.69, 9.17) is 4.42 Å². The van der Waals surface area contributed by atoms with Crippen LogP contribution in [0.3, 0.4) is 0 Å². The van der Waals surface area contributed by atoms with Gasteiger partial charge in [-0.1, -0.05) is 19.3 Å². The smallest absolute Gasteiger partial charge is 0.257 e. The van der Waals surface area contributed by atoms with E-state index in [9.17, 15) is 8.42 Å². The summed E-state index contributed by atoms with van der Waals surface area (Å²) in [6.45, 7) is 0. The number of aromatic nitrogens is 2. The van der Waals surface area contributed by atoms with Crippen molar-refractivity contribution in [3.8, 4) is 10.8 Å². The molecule has 1 N–H and O–H groups in total. The molecule has 8 heteroatoms. The number of thiophene rings is 1. The average molecular weight is 353 g/mol. The first kappa shape index (κ1) is 15.3. The summed E-state index contributed by atoms with van der Waals surface area (Å²) < 4.78 is 33.8. The highest BCUT2D eigenvalue weighted by Gasteiger charge is 2.30. The Kier molecular flexibility index (Phi) is 3.98. The number of hydrogen-bond acceptors (Lipinski definition) is 6. The molecule has 0 atom stereocenters. The van der Waals surface area contributed by atoms with Crippen LogP contribution in [-0.4, -0.2) is 24.7 Å². The van der Waals surface area contributed by atoms with Crippen LogP contribution in [0.4, 0.5) is 0 Å². The Bertz CT molecular complexity index is 787. The molecular weight excluding hydrogens is 334 g/mol. The van der Waals surface area contributed by atoms with Crippen molar-refractivity contribution in [2.24, 2.45) is 0 Å². The highest BCUT2D eigenvalue weighted by molar-refractivity contribution is 7.91. The first-order valence-electron chi connectivity index (χ1n) is 8.08. The lowest BCUT2D eigenvalue weighted by Crippen LogP contribution is -2.35. The van der Waals surface area contributed by atoms with Crippen molar-refractivity contribution >= 4 is 21.4 Å². The zero-order valence-corrected chi connectivity index (χ0v) is 14.3. The van der Waals surface area contributed by atoms with Gasteiger partial charge in [0.1, 0.15) is 4.21 Å². The summed E-state index contributed by atoms with van der Waals surface area (Å²) in [6, 6.07) is 3.42. The van der Waals surface area contributed by atoms with Crippen LogP contribution in [0.15, 0.2) is 20.8 Å². The molecule has 2 aliphatic rings. The topological polar surface area (TPSA) is 85.1 Å². The fourth-order valence-electron chi connectivity index (χ4n) is 2.91. The molecule has 0 amide bonds. The highest BCUT2D eigenvalue weighted by atomic mass is 32.2. The van der Waals surface area contributed by atoms with Crippen LogP contribution < -0.4 is 4.72 Å². The van der Waals surface area contributed by atoms with Crippen LogP contribution in [0.25, 0.3) is 10.8 Å². The Morgan fingerprint density at radius 2 is 1.87 bits per heavy atom. The lowest BCUT2D eigenvalue weighted by molar-refractivity contribution is 0.412. The van der Waals surface area contributed by atoms with Crippen LogP contribution in [0.2, 0.25) is 0 Å². The molecule has 0 unspecified atom stereocenters. The molecule has 2 aliphatic carbocycles. The van der Waals surface area contributed by atoms with E-state index in [1.54, 1.807) is 12.1 Å². The van der Waals surface area contributed by atoms with E-state index in [2.05, 4.69) is 14.9 Å². The van der Waals surface area contributed by atoms with Gasteiger partial charge in [-0.05, 0) is 37.8 Å². The van der Waals surface area contributed by atoms with E-state index in [-0.39, 0.29) is 6.04 Å². The number of rotatable bonds is 5. The third kappa shape index (κ3) is 3.34. The molecule has 2 saturated carbocycles. The van der Waals surface area contributed by atoms with E-state index in [1.807, 2.05) is 0 Å². The van der Waals surface area contributed by atoms with Crippen molar-refractivity contribution in [2.45, 2.75) is 61.1 Å². The Balaban J connectivity index is 1.51. The number of hydrogen-bond donors (Lipinski definition) is 1. The van der Waals surface area contributed by atoms with Crippen LogP contribution in [0, 0.1) is 0 Å². The minimum absolute atomic E-state index is 0.0594. The quantitative estimate of drug-likeness (QED) is 0.891. The molecule has 0 bridgehead atoms. The zero-order chi connectivity index (χ0) is 15.9. The van der Waals surface area contributed by atoms with E-state index in [1.165, 1.54) is 17.8 Å². The first-order chi connectivity index (χ1) is 11.1. The van der Waals surface area contributed by atoms with Gasteiger partial charge in [-0.15, -0.1) is 21.5 Å². The molecule has 124 valence electrons. The maximum atomic E-state index is 12.5. The van der Waals surface area contributed by atoms with Crippen molar-refractivity contribution in [2.75, 3.05) is 0 Å². The molecule has 2 fully saturated rings. The molecule has 0 aromatic carbocycles. The van der Waals surface area contributed by atoms with E-state index >= 15 is 0 Å². The zero-order valence-electron chi connectivity index (χ0n) is 12.7. The molecule has 0 radical (unpaired) electrons. The van der Waals surface area contributed by atoms with Crippen LogP contribution in [0.1, 0.15) is 56.8 Å². The fourth-order valence-corrected chi connectivity index (χ4v) is 5.46. The minimum atomic E-state index is -3.47. The van der Waals surface area contributed by atoms with Crippen LogP contribution in [-0.2, 0) is 10.0 Å². The standard InChI is InChI=1S/C15H19N3O3S2/c19-23(20,18-11-4-2-1-3-5-11)13-9-8-12(22-13)15-17-16-14(21-15)10-6-7-10/h8-11,18H,1-7H2. The van der Waals surface area contributed by atoms with Gasteiger partial charge in [0, 0.05) is 12.0 Å². The third-order valence-electron chi connectivity index (χ3n) is 4.35. The van der Waals surface area contributed by atoms with Gasteiger partial charge in [0.15, 0.2) is 0 Å². The van der Waals surface area contributed by atoms with Crippen molar-refractivity contribution in [1.29, 1.82) is 0 Å². The van der Waals surface area contributed by atoms with Gasteiger partial charge < -0.3 is 4.42 Å². The summed E-state index contributed by atoms with van der Waals surface area (Å²) in [6.07, 6.45) is 7.41. The second-order valence-electron chi connectivity index (χ2n) is 6.29. The molecule has 2 aromatic heterocycles. The van der Waals surface area contributed by atoms with Gasteiger partial charge in [0.25, 0.3) is 5.89 Å². The predicted molar refractivity (Wildman–Crippen MR) is 86.8 cm³/mol. The van der Waals surface area contributed by atoms with Gasteiger partial charge in [-0.25, -0.2) is 13.1 Å². The Labute approximate surface area is 139 Å². The normalized spacial score (nSPS) is 20.0. The van der Waals surface area contributed by atoms with Crippen molar-refractivity contribution in [3.63, 3.8) is 0 Å². The summed E-state index contributed by atoms with van der Waals surface area (Å²) in [5.74, 6) is 1.47. The molecule has 0 saturated heterocycles. The molecular formula is C15H19N3O3S2. The lowest BCUT2D eigenvalue weighted by Gasteiger charge is -2.22. The lowest BCUT2D eigenvalue weighted by atomic mass is 9.96. The van der Waals surface area contributed by atoms with E-state index in [0.717, 1.165) is 38.5 Å². The molecule has 0 aliphatic heterocycles.